The third-order valence-electron chi connectivity index (χ3n) is 3.50. The Morgan fingerprint density at radius 3 is 2.77 bits per heavy atom. The van der Waals surface area contributed by atoms with E-state index in [0.717, 1.165) is 29.4 Å². The minimum Gasteiger partial charge on any atom is -0.350 e. The Hall–Kier alpha value is -0.360. The van der Waals surface area contributed by atoms with E-state index in [-0.39, 0.29) is 24.4 Å². The van der Waals surface area contributed by atoms with Crippen molar-refractivity contribution in [2.24, 2.45) is 0 Å². The molecule has 1 aromatic carbocycles. The first-order chi connectivity index (χ1) is 10.2. The minimum atomic E-state index is 0. The molecule has 2 atom stereocenters. The van der Waals surface area contributed by atoms with Gasteiger partial charge in [-0.05, 0) is 30.4 Å². The number of hydrogen-bond donors (Lipinski definition) is 2. The highest BCUT2D eigenvalue weighted by Crippen LogP contribution is 2.21. The number of rotatable bonds is 6. The average Bonchev–Trinajstić information content (AvgIpc) is 2.49. The maximum absolute atomic E-state index is 12.1. The number of thioether (sulfide) groups is 2. The summed E-state index contributed by atoms with van der Waals surface area (Å²) in [6.45, 7) is 5.21. The van der Waals surface area contributed by atoms with Crippen LogP contribution in [-0.2, 0) is 4.79 Å². The van der Waals surface area contributed by atoms with Crippen molar-refractivity contribution in [3.8, 4) is 0 Å². The van der Waals surface area contributed by atoms with E-state index >= 15 is 0 Å². The number of halogens is 1. The molecule has 6 heteroatoms. The molecule has 0 radical (unpaired) electrons. The average molecular weight is 361 g/mol. The van der Waals surface area contributed by atoms with Gasteiger partial charge in [0, 0.05) is 35.4 Å². The Balaban J connectivity index is 0.00000242. The summed E-state index contributed by atoms with van der Waals surface area (Å²) in [5.41, 5.74) is 1.16. The third kappa shape index (κ3) is 6.41. The molecule has 0 aliphatic carbocycles. The molecule has 22 heavy (non-hydrogen) atoms. The summed E-state index contributed by atoms with van der Waals surface area (Å²) in [4.78, 5) is 13.4. The summed E-state index contributed by atoms with van der Waals surface area (Å²) in [5.74, 6) is 3.40. The van der Waals surface area contributed by atoms with Crippen LogP contribution in [0.2, 0.25) is 0 Å². The van der Waals surface area contributed by atoms with Gasteiger partial charge in [-0.15, -0.1) is 24.2 Å². The van der Waals surface area contributed by atoms with E-state index in [4.69, 9.17) is 0 Å². The number of carbonyl (C=O) groups is 1. The molecular formula is C16H25ClN2OS2. The number of carbonyl (C=O) groups excluding carboxylic acids is 1. The quantitative estimate of drug-likeness (QED) is 0.762. The summed E-state index contributed by atoms with van der Waals surface area (Å²) in [6, 6.07) is 8.86. The van der Waals surface area contributed by atoms with Gasteiger partial charge in [0.05, 0.1) is 6.04 Å². The molecule has 124 valence electrons. The second-order valence-electron chi connectivity index (χ2n) is 5.22. The molecule has 0 aromatic heterocycles. The zero-order valence-corrected chi connectivity index (χ0v) is 15.6. The lowest BCUT2D eigenvalue weighted by atomic mass is 10.1. The first kappa shape index (κ1) is 19.7. The van der Waals surface area contributed by atoms with Gasteiger partial charge >= 0.3 is 0 Å². The molecule has 2 N–H and O–H groups in total. The van der Waals surface area contributed by atoms with E-state index in [2.05, 4.69) is 41.8 Å². The third-order valence-corrected chi connectivity index (χ3v) is 5.52. The Morgan fingerprint density at radius 2 is 2.18 bits per heavy atom. The van der Waals surface area contributed by atoms with E-state index in [1.165, 1.54) is 4.90 Å². The van der Waals surface area contributed by atoms with Crippen LogP contribution < -0.4 is 10.6 Å². The monoisotopic (exact) mass is 360 g/mol. The molecule has 1 heterocycles. The van der Waals surface area contributed by atoms with Gasteiger partial charge in [-0.1, -0.05) is 19.1 Å². The summed E-state index contributed by atoms with van der Waals surface area (Å²) in [5, 5.41) is 6.50. The maximum Gasteiger partial charge on any atom is 0.222 e. The molecule has 1 fully saturated rings. The van der Waals surface area contributed by atoms with Crippen LogP contribution in [0.4, 0.5) is 0 Å². The van der Waals surface area contributed by atoms with Crippen LogP contribution in [-0.4, -0.2) is 35.8 Å². The smallest absolute Gasteiger partial charge is 0.222 e. The van der Waals surface area contributed by atoms with Crippen molar-refractivity contribution >= 4 is 41.8 Å². The fourth-order valence-corrected chi connectivity index (χ4v) is 3.99. The van der Waals surface area contributed by atoms with Crippen LogP contribution in [0.1, 0.15) is 31.9 Å². The van der Waals surface area contributed by atoms with Crippen molar-refractivity contribution in [2.45, 2.75) is 37.2 Å². The summed E-state index contributed by atoms with van der Waals surface area (Å²) in [6.07, 6.45) is 0.571. The van der Waals surface area contributed by atoms with Crippen molar-refractivity contribution in [1.29, 1.82) is 0 Å². The maximum atomic E-state index is 12.1. The Bertz CT molecular complexity index is 450. The first-order valence-electron chi connectivity index (χ1n) is 7.52. The summed E-state index contributed by atoms with van der Waals surface area (Å²) >= 11 is 3.76. The molecule has 2 rings (SSSR count). The summed E-state index contributed by atoms with van der Waals surface area (Å²) in [7, 11) is 0. The summed E-state index contributed by atoms with van der Waals surface area (Å²) < 4.78 is 0. The SMILES string of the molecule is CCSc1ccc(C(C)NC(=O)CC2CSCCN2)cc1.Cl. The van der Waals surface area contributed by atoms with E-state index in [1.54, 1.807) is 0 Å². The Morgan fingerprint density at radius 1 is 1.45 bits per heavy atom. The van der Waals surface area contributed by atoms with Crippen molar-refractivity contribution in [3.05, 3.63) is 29.8 Å². The molecule has 1 aliphatic rings. The molecule has 0 spiro atoms. The fraction of sp³-hybridized carbons (Fsp3) is 0.562. The molecule has 1 aliphatic heterocycles. The lowest BCUT2D eigenvalue weighted by Gasteiger charge is -2.23. The highest BCUT2D eigenvalue weighted by Gasteiger charge is 2.18. The van der Waals surface area contributed by atoms with Crippen LogP contribution in [0, 0.1) is 0 Å². The van der Waals surface area contributed by atoms with Crippen LogP contribution in [0.25, 0.3) is 0 Å². The molecule has 0 bridgehead atoms. The topological polar surface area (TPSA) is 41.1 Å². The highest BCUT2D eigenvalue weighted by molar-refractivity contribution is 7.99. The van der Waals surface area contributed by atoms with Gasteiger partial charge in [-0.3, -0.25) is 4.79 Å². The second-order valence-corrected chi connectivity index (χ2v) is 7.71. The lowest BCUT2D eigenvalue weighted by Crippen LogP contribution is -2.41. The van der Waals surface area contributed by atoms with Crippen molar-refractivity contribution in [3.63, 3.8) is 0 Å². The van der Waals surface area contributed by atoms with Gasteiger partial charge < -0.3 is 10.6 Å². The van der Waals surface area contributed by atoms with Crippen molar-refractivity contribution < 1.29 is 4.79 Å². The van der Waals surface area contributed by atoms with Crippen LogP contribution in [0.3, 0.4) is 0 Å². The van der Waals surface area contributed by atoms with Gasteiger partial charge in [0.15, 0.2) is 0 Å². The van der Waals surface area contributed by atoms with Gasteiger partial charge in [-0.25, -0.2) is 0 Å². The zero-order chi connectivity index (χ0) is 15.1. The van der Waals surface area contributed by atoms with E-state index in [9.17, 15) is 4.79 Å². The fourth-order valence-electron chi connectivity index (χ4n) is 2.38. The molecular weight excluding hydrogens is 336 g/mol. The molecule has 0 saturated carbocycles. The molecule has 1 amide bonds. The second kappa shape index (κ2) is 10.4. The minimum absolute atomic E-state index is 0. The van der Waals surface area contributed by atoms with E-state index < -0.39 is 0 Å². The van der Waals surface area contributed by atoms with Crippen molar-refractivity contribution in [2.75, 3.05) is 23.8 Å². The van der Waals surface area contributed by atoms with Gasteiger partial charge in [0.2, 0.25) is 5.91 Å². The van der Waals surface area contributed by atoms with Crippen molar-refractivity contribution in [1.82, 2.24) is 10.6 Å². The van der Waals surface area contributed by atoms with Crippen LogP contribution in [0.15, 0.2) is 29.2 Å². The van der Waals surface area contributed by atoms with Crippen LogP contribution >= 0.6 is 35.9 Å². The van der Waals surface area contributed by atoms with Gasteiger partial charge in [0.1, 0.15) is 0 Å². The van der Waals surface area contributed by atoms with Crippen LogP contribution in [0.5, 0.6) is 0 Å². The number of hydrogen-bond acceptors (Lipinski definition) is 4. The van der Waals surface area contributed by atoms with E-state index in [1.807, 2.05) is 30.4 Å². The molecule has 3 nitrogen and oxygen atoms in total. The predicted octanol–water partition coefficient (Wildman–Crippen LogP) is 3.49. The Labute approximate surface area is 148 Å². The van der Waals surface area contributed by atoms with Gasteiger partial charge in [0.25, 0.3) is 0 Å². The Kier molecular flexibility index (Phi) is 9.33. The normalized spacial score (nSPS) is 19.1. The molecule has 1 aromatic rings. The standard InChI is InChI=1S/C16H24N2OS2.ClH/c1-3-21-15-6-4-13(5-7-15)12(2)18-16(19)10-14-11-20-9-8-17-14;/h4-7,12,14,17H,3,8-11H2,1-2H3,(H,18,19);1H. The first-order valence-corrected chi connectivity index (χ1v) is 9.66. The van der Waals surface area contributed by atoms with Gasteiger partial charge in [-0.2, -0.15) is 11.8 Å². The zero-order valence-electron chi connectivity index (χ0n) is 13.1. The van der Waals surface area contributed by atoms with E-state index in [0.29, 0.717) is 12.5 Å². The largest absolute Gasteiger partial charge is 0.350 e. The predicted molar refractivity (Wildman–Crippen MR) is 100 cm³/mol. The lowest BCUT2D eigenvalue weighted by molar-refractivity contribution is -0.122. The molecule has 2 unspecified atom stereocenters. The highest BCUT2D eigenvalue weighted by atomic mass is 35.5. The molecule has 1 saturated heterocycles. The number of benzene rings is 1. The number of amides is 1. The number of nitrogens with one attached hydrogen (secondary N) is 2.